The van der Waals surface area contributed by atoms with Gasteiger partial charge in [0.25, 0.3) is 0 Å². The third-order valence-corrected chi connectivity index (χ3v) is 5.66. The van der Waals surface area contributed by atoms with Crippen molar-refractivity contribution in [1.29, 1.82) is 0 Å². The van der Waals surface area contributed by atoms with E-state index < -0.39 is 10.0 Å². The van der Waals surface area contributed by atoms with Crippen LogP contribution in [0.1, 0.15) is 26.3 Å². The van der Waals surface area contributed by atoms with Crippen molar-refractivity contribution in [2.45, 2.75) is 44.7 Å². The summed E-state index contributed by atoms with van der Waals surface area (Å²) in [5.74, 6) is 0.225. The van der Waals surface area contributed by atoms with Crippen molar-refractivity contribution in [3.05, 3.63) is 29.8 Å². The molecular formula is C15H23NO3S. The molecule has 1 aliphatic rings. The number of aryl methyl sites for hydroxylation is 1. The fourth-order valence-electron chi connectivity index (χ4n) is 2.43. The van der Waals surface area contributed by atoms with Gasteiger partial charge in [-0.25, -0.2) is 8.42 Å². The zero-order valence-corrected chi connectivity index (χ0v) is 13.4. The van der Waals surface area contributed by atoms with Gasteiger partial charge in [-0.15, -0.1) is 0 Å². The summed E-state index contributed by atoms with van der Waals surface area (Å²) in [6.45, 7) is 8.80. The molecule has 0 bridgehead atoms. The van der Waals surface area contributed by atoms with Gasteiger partial charge < -0.3 is 4.74 Å². The maximum atomic E-state index is 12.8. The number of nitrogens with zero attached hydrogens (tertiary/aromatic N) is 1. The minimum absolute atomic E-state index is 0.0646. The zero-order valence-electron chi connectivity index (χ0n) is 12.5. The Bertz CT molecular complexity index is 551. The van der Waals surface area contributed by atoms with Crippen molar-refractivity contribution < 1.29 is 13.2 Å². The van der Waals surface area contributed by atoms with Crippen LogP contribution in [-0.4, -0.2) is 38.0 Å². The van der Waals surface area contributed by atoms with E-state index in [1.165, 1.54) is 0 Å². The Hall–Kier alpha value is -0.910. The molecule has 0 amide bonds. The highest BCUT2D eigenvalue weighted by Crippen LogP contribution is 2.26. The van der Waals surface area contributed by atoms with Crippen molar-refractivity contribution in [1.82, 2.24) is 4.31 Å². The molecule has 1 aromatic rings. The van der Waals surface area contributed by atoms with Gasteiger partial charge >= 0.3 is 0 Å². The van der Waals surface area contributed by atoms with E-state index in [1.807, 2.05) is 39.8 Å². The fraction of sp³-hybridized carbons (Fsp3) is 0.600. The molecule has 0 aliphatic carbocycles. The number of hydrogen-bond donors (Lipinski definition) is 0. The molecule has 1 aliphatic heterocycles. The summed E-state index contributed by atoms with van der Waals surface area (Å²) in [4.78, 5) is 0.364. The Morgan fingerprint density at radius 2 is 1.85 bits per heavy atom. The van der Waals surface area contributed by atoms with Crippen LogP contribution in [0.2, 0.25) is 0 Å². The van der Waals surface area contributed by atoms with Gasteiger partial charge in [0.1, 0.15) is 0 Å². The quantitative estimate of drug-likeness (QED) is 0.861. The van der Waals surface area contributed by atoms with E-state index >= 15 is 0 Å². The van der Waals surface area contributed by atoms with Gasteiger partial charge in [0.2, 0.25) is 10.0 Å². The molecule has 112 valence electrons. The summed E-state index contributed by atoms with van der Waals surface area (Å²) in [7, 11) is -3.45. The first-order valence-corrected chi connectivity index (χ1v) is 8.46. The number of benzene rings is 1. The lowest BCUT2D eigenvalue weighted by atomic mass is 10.0. The highest BCUT2D eigenvalue weighted by Gasteiger charge is 2.37. The molecule has 1 saturated heterocycles. The Morgan fingerprint density at radius 3 is 2.40 bits per heavy atom. The first-order valence-electron chi connectivity index (χ1n) is 7.02. The highest BCUT2D eigenvalue weighted by atomic mass is 32.2. The van der Waals surface area contributed by atoms with Crippen molar-refractivity contribution in [2.75, 3.05) is 13.2 Å². The maximum absolute atomic E-state index is 12.8. The lowest BCUT2D eigenvalue weighted by Gasteiger charge is -2.39. The van der Waals surface area contributed by atoms with Crippen LogP contribution in [-0.2, 0) is 14.8 Å². The molecule has 0 aromatic heterocycles. The van der Waals surface area contributed by atoms with E-state index in [4.69, 9.17) is 4.74 Å². The van der Waals surface area contributed by atoms with E-state index in [2.05, 4.69) is 0 Å². The Balaban J connectivity index is 2.36. The third-order valence-electron chi connectivity index (χ3n) is 3.76. The van der Waals surface area contributed by atoms with E-state index in [0.29, 0.717) is 18.0 Å². The lowest BCUT2D eigenvalue weighted by molar-refractivity contribution is -0.0345. The lowest BCUT2D eigenvalue weighted by Crippen LogP contribution is -2.53. The monoisotopic (exact) mass is 297 g/mol. The minimum atomic E-state index is -3.45. The molecule has 0 N–H and O–H groups in total. The molecule has 0 spiro atoms. The number of morpholine rings is 1. The van der Waals surface area contributed by atoms with E-state index in [-0.39, 0.29) is 18.1 Å². The average Bonchev–Trinajstić information content (AvgIpc) is 2.38. The first-order chi connectivity index (χ1) is 9.32. The molecule has 1 heterocycles. The highest BCUT2D eigenvalue weighted by molar-refractivity contribution is 7.89. The number of hydrogen-bond acceptors (Lipinski definition) is 3. The molecule has 5 heteroatoms. The van der Waals surface area contributed by atoms with Crippen LogP contribution in [0.3, 0.4) is 0 Å². The van der Waals surface area contributed by atoms with Gasteiger partial charge in [-0.05, 0) is 31.9 Å². The van der Waals surface area contributed by atoms with Gasteiger partial charge in [-0.2, -0.15) is 4.31 Å². The van der Waals surface area contributed by atoms with Gasteiger partial charge in [0.15, 0.2) is 0 Å². The number of ether oxygens (including phenoxy) is 1. The van der Waals surface area contributed by atoms with Crippen LogP contribution in [0.15, 0.2) is 29.2 Å². The molecule has 4 nitrogen and oxygen atoms in total. The number of rotatable bonds is 3. The summed E-state index contributed by atoms with van der Waals surface area (Å²) in [6, 6.07) is 6.93. The normalized spacial score (nSPS) is 25.1. The minimum Gasteiger partial charge on any atom is -0.375 e. The largest absolute Gasteiger partial charge is 0.375 e. The Kier molecular flexibility index (Phi) is 4.52. The van der Waals surface area contributed by atoms with Crippen molar-refractivity contribution in [2.24, 2.45) is 5.92 Å². The summed E-state index contributed by atoms with van der Waals surface area (Å²) in [5, 5.41) is 0. The van der Waals surface area contributed by atoms with E-state index in [9.17, 15) is 8.42 Å². The van der Waals surface area contributed by atoms with Crippen molar-refractivity contribution in [3.63, 3.8) is 0 Å². The van der Waals surface area contributed by atoms with E-state index in [0.717, 1.165) is 5.56 Å². The van der Waals surface area contributed by atoms with Crippen LogP contribution in [0.25, 0.3) is 0 Å². The van der Waals surface area contributed by atoms with Crippen LogP contribution in [0.4, 0.5) is 0 Å². The zero-order chi connectivity index (χ0) is 14.9. The van der Waals surface area contributed by atoms with Gasteiger partial charge in [0, 0.05) is 6.54 Å². The standard InChI is InChI=1S/C15H23NO3S/c1-11(2)15-10-19-13(4)9-16(15)20(17,18)14-7-5-12(3)6-8-14/h5-8,11,13,15H,9-10H2,1-4H3/t13-,15-/m1/s1. The van der Waals surface area contributed by atoms with Crippen molar-refractivity contribution in [3.8, 4) is 0 Å². The first kappa shape index (κ1) is 15.5. The van der Waals surface area contributed by atoms with Crippen LogP contribution in [0, 0.1) is 12.8 Å². The molecule has 2 rings (SSSR count). The molecular weight excluding hydrogens is 274 g/mol. The molecule has 0 saturated carbocycles. The predicted molar refractivity (Wildman–Crippen MR) is 79.1 cm³/mol. The summed E-state index contributed by atoms with van der Waals surface area (Å²) >= 11 is 0. The predicted octanol–water partition coefficient (Wildman–Crippen LogP) is 2.43. The Labute approximate surface area is 121 Å². The fourth-order valence-corrected chi connectivity index (χ4v) is 4.25. The molecule has 1 aromatic carbocycles. The number of sulfonamides is 1. The molecule has 20 heavy (non-hydrogen) atoms. The van der Waals surface area contributed by atoms with Crippen LogP contribution < -0.4 is 0 Å². The SMILES string of the molecule is Cc1ccc(S(=O)(=O)N2C[C@@H](C)OC[C@@H]2C(C)C)cc1. The second-order valence-corrected chi connectivity index (χ2v) is 7.73. The molecule has 0 unspecified atom stereocenters. The van der Waals surface area contributed by atoms with Gasteiger partial charge in [-0.1, -0.05) is 31.5 Å². The molecule has 0 radical (unpaired) electrons. The average molecular weight is 297 g/mol. The third kappa shape index (κ3) is 3.05. The molecule has 1 fully saturated rings. The van der Waals surface area contributed by atoms with E-state index in [1.54, 1.807) is 16.4 Å². The maximum Gasteiger partial charge on any atom is 0.243 e. The summed E-state index contributed by atoms with van der Waals surface area (Å²) < 4.78 is 32.9. The topological polar surface area (TPSA) is 46.6 Å². The second-order valence-electron chi connectivity index (χ2n) is 5.84. The second kappa shape index (κ2) is 5.84. The van der Waals surface area contributed by atoms with Crippen LogP contribution in [0.5, 0.6) is 0 Å². The summed E-state index contributed by atoms with van der Waals surface area (Å²) in [6.07, 6.45) is -0.0646. The smallest absolute Gasteiger partial charge is 0.243 e. The van der Waals surface area contributed by atoms with Gasteiger partial charge in [-0.3, -0.25) is 0 Å². The Morgan fingerprint density at radius 1 is 1.25 bits per heavy atom. The summed E-state index contributed by atoms with van der Waals surface area (Å²) in [5.41, 5.74) is 1.06. The van der Waals surface area contributed by atoms with Crippen molar-refractivity contribution >= 4 is 10.0 Å². The van der Waals surface area contributed by atoms with Crippen LogP contribution >= 0.6 is 0 Å². The van der Waals surface area contributed by atoms with Gasteiger partial charge in [0.05, 0.1) is 23.6 Å². The molecule has 2 atom stereocenters.